The van der Waals surface area contributed by atoms with Gasteiger partial charge in [0.15, 0.2) is 5.96 Å². The van der Waals surface area contributed by atoms with E-state index < -0.39 is 65.6 Å². The third-order valence-electron chi connectivity index (χ3n) is 7.76. The molecule has 0 unspecified atom stereocenters. The third-order valence-corrected chi connectivity index (χ3v) is 7.76. The Morgan fingerprint density at radius 3 is 1.92 bits per heavy atom. The number of nitrogens with zero attached hydrogens (tertiary/aromatic N) is 1. The Morgan fingerprint density at radius 1 is 0.736 bits per heavy atom. The molecule has 13 N–H and O–H groups in total. The summed E-state index contributed by atoms with van der Waals surface area (Å²) in [5.74, 6) is -4.25. The average molecular weight is 739 g/mol. The van der Waals surface area contributed by atoms with Crippen LogP contribution in [0.2, 0.25) is 0 Å². The van der Waals surface area contributed by atoms with E-state index in [4.69, 9.17) is 22.9 Å². The van der Waals surface area contributed by atoms with E-state index >= 15 is 0 Å². The van der Waals surface area contributed by atoms with Crippen LogP contribution in [0.25, 0.3) is 6.08 Å². The molecule has 0 aliphatic heterocycles. The number of guanidine groups is 1. The normalized spacial score (nSPS) is 13.2. The molecule has 0 aliphatic carbocycles. The van der Waals surface area contributed by atoms with Gasteiger partial charge < -0.3 is 49.5 Å². The zero-order valence-electron chi connectivity index (χ0n) is 30.0. The van der Waals surface area contributed by atoms with Gasteiger partial charge >= 0.3 is 6.03 Å². The van der Waals surface area contributed by atoms with Gasteiger partial charge in [0.1, 0.15) is 30.0 Å². The lowest BCUT2D eigenvalue weighted by atomic mass is 10.0. The van der Waals surface area contributed by atoms with Crippen molar-refractivity contribution in [2.45, 2.75) is 76.5 Å². The van der Waals surface area contributed by atoms with Crippen molar-refractivity contribution >= 4 is 47.6 Å². The van der Waals surface area contributed by atoms with Gasteiger partial charge in [-0.1, -0.05) is 56.3 Å². The van der Waals surface area contributed by atoms with Gasteiger partial charge in [-0.2, -0.15) is 0 Å². The van der Waals surface area contributed by atoms with Crippen LogP contribution in [-0.2, 0) is 30.4 Å². The Kier molecular flexibility index (Phi) is 18.5. The number of primary amides is 2. The predicted octanol–water partition coefficient (Wildman–Crippen LogP) is 0.0543. The fourth-order valence-electron chi connectivity index (χ4n) is 5.12. The standard InChI is InChI=1S/C36H51FN10O6/c1-22(2)20-28(33(51)45-26(31(38)49)10-6-18-42-35(39)40)47-32(50)27(11-7-19-43-36(41)53)46-34(52)29(21-24-12-15-25(37)16-13-24)44-30(48)17-14-23-8-4-3-5-9-23/h3-5,8-9,12-17,22,26-29H,6-7,10-11,18-21H2,1-2H3,(H2,38,49)(H,44,48)(H,45,51)(H,46,52)(H,47,50)(H4,39,40,42)(H3,41,43,53)/b17-14+/t26-,27-,28-,29-/m0/s1. The summed E-state index contributed by atoms with van der Waals surface area (Å²) in [5.41, 5.74) is 22.7. The number of aliphatic imine (C=N–C) groups is 1. The zero-order chi connectivity index (χ0) is 39.3. The molecule has 0 saturated carbocycles. The van der Waals surface area contributed by atoms with Crippen molar-refractivity contribution in [1.82, 2.24) is 26.6 Å². The molecule has 2 aromatic rings. The molecule has 0 bridgehead atoms. The lowest BCUT2D eigenvalue weighted by Crippen LogP contribution is -2.58. The number of hydrogen-bond acceptors (Lipinski definition) is 7. The molecule has 2 rings (SSSR count). The second-order valence-electron chi connectivity index (χ2n) is 12.7. The Hall–Kier alpha value is -6.00. The largest absolute Gasteiger partial charge is 0.370 e. The minimum atomic E-state index is -1.25. The van der Waals surface area contributed by atoms with Crippen molar-refractivity contribution in [2.75, 3.05) is 13.1 Å². The molecule has 17 heteroatoms. The summed E-state index contributed by atoms with van der Waals surface area (Å²) >= 11 is 0. The van der Waals surface area contributed by atoms with Crippen molar-refractivity contribution in [3.05, 3.63) is 77.6 Å². The summed E-state index contributed by atoms with van der Waals surface area (Å²) in [6.45, 7) is 3.94. The summed E-state index contributed by atoms with van der Waals surface area (Å²) in [7, 11) is 0. The lowest BCUT2D eigenvalue weighted by molar-refractivity contribution is -0.134. The number of amides is 7. The maximum atomic E-state index is 13.8. The first-order valence-electron chi connectivity index (χ1n) is 17.2. The Balaban J connectivity index is 2.31. The summed E-state index contributed by atoms with van der Waals surface area (Å²) < 4.78 is 13.7. The first-order chi connectivity index (χ1) is 25.1. The molecule has 16 nitrogen and oxygen atoms in total. The van der Waals surface area contributed by atoms with E-state index in [-0.39, 0.29) is 57.1 Å². The monoisotopic (exact) mass is 738 g/mol. The van der Waals surface area contributed by atoms with Crippen molar-refractivity contribution in [2.24, 2.45) is 33.8 Å². The molecule has 4 atom stereocenters. The predicted molar refractivity (Wildman–Crippen MR) is 199 cm³/mol. The average Bonchev–Trinajstić information content (AvgIpc) is 3.10. The van der Waals surface area contributed by atoms with Gasteiger partial charge in [0.05, 0.1) is 0 Å². The quantitative estimate of drug-likeness (QED) is 0.0344. The van der Waals surface area contributed by atoms with Gasteiger partial charge in [-0.05, 0) is 67.4 Å². The highest BCUT2D eigenvalue weighted by molar-refractivity contribution is 5.98. The Bertz CT molecular complexity index is 1580. The molecular formula is C36H51FN10O6. The number of urea groups is 1. The maximum Gasteiger partial charge on any atom is 0.312 e. The topological polar surface area (TPSA) is 279 Å². The zero-order valence-corrected chi connectivity index (χ0v) is 30.0. The number of nitrogens with two attached hydrogens (primary N) is 4. The fraction of sp³-hybridized carbons (Fsp3) is 0.417. The minimum Gasteiger partial charge on any atom is -0.370 e. The van der Waals surface area contributed by atoms with Gasteiger partial charge in [0.2, 0.25) is 29.5 Å². The Morgan fingerprint density at radius 2 is 1.32 bits per heavy atom. The van der Waals surface area contributed by atoms with E-state index in [1.54, 1.807) is 30.3 Å². The van der Waals surface area contributed by atoms with Crippen LogP contribution < -0.4 is 49.5 Å². The fourth-order valence-corrected chi connectivity index (χ4v) is 5.12. The van der Waals surface area contributed by atoms with Crippen LogP contribution in [-0.4, -0.2) is 78.8 Å². The number of rotatable bonds is 22. The highest BCUT2D eigenvalue weighted by Crippen LogP contribution is 2.11. The molecule has 0 radical (unpaired) electrons. The second-order valence-corrected chi connectivity index (χ2v) is 12.7. The molecule has 0 aliphatic rings. The van der Waals surface area contributed by atoms with Crippen molar-refractivity contribution in [1.29, 1.82) is 0 Å². The van der Waals surface area contributed by atoms with Crippen LogP contribution >= 0.6 is 0 Å². The van der Waals surface area contributed by atoms with Gasteiger partial charge in [-0.25, -0.2) is 9.18 Å². The lowest BCUT2D eigenvalue weighted by Gasteiger charge is -2.27. The highest BCUT2D eigenvalue weighted by Gasteiger charge is 2.31. The molecule has 0 saturated heterocycles. The number of carbonyl (C=O) groups excluding carboxylic acids is 6. The van der Waals surface area contributed by atoms with E-state index in [9.17, 15) is 33.2 Å². The van der Waals surface area contributed by atoms with E-state index in [2.05, 4.69) is 31.6 Å². The third kappa shape index (κ3) is 17.7. The van der Waals surface area contributed by atoms with Crippen LogP contribution in [0.4, 0.5) is 9.18 Å². The van der Waals surface area contributed by atoms with Crippen molar-refractivity contribution in [3.63, 3.8) is 0 Å². The number of carbonyl (C=O) groups is 6. The second kappa shape index (κ2) is 22.7. The van der Waals surface area contributed by atoms with Gasteiger partial charge in [-0.15, -0.1) is 0 Å². The SMILES string of the molecule is CC(C)C[C@H](NC(=O)[C@H](CCCNC(N)=O)NC(=O)[C@H](Cc1ccc(F)cc1)NC(=O)/C=C/c1ccccc1)C(=O)N[C@@H](CCCN=C(N)N)C(N)=O. The van der Waals surface area contributed by atoms with Crippen LogP contribution in [0.1, 0.15) is 57.1 Å². The smallest absolute Gasteiger partial charge is 0.312 e. The van der Waals surface area contributed by atoms with E-state index in [0.29, 0.717) is 12.0 Å². The van der Waals surface area contributed by atoms with Crippen molar-refractivity contribution < 1.29 is 33.2 Å². The van der Waals surface area contributed by atoms with E-state index in [0.717, 1.165) is 5.56 Å². The van der Waals surface area contributed by atoms with Gasteiger partial charge in [-0.3, -0.25) is 29.0 Å². The molecule has 0 aromatic heterocycles. The first-order valence-corrected chi connectivity index (χ1v) is 17.2. The molecule has 0 spiro atoms. The first kappa shape index (κ1) is 43.2. The molecule has 53 heavy (non-hydrogen) atoms. The van der Waals surface area contributed by atoms with Crippen LogP contribution in [0.5, 0.6) is 0 Å². The summed E-state index contributed by atoms with van der Waals surface area (Å²) in [4.78, 5) is 81.3. The summed E-state index contributed by atoms with van der Waals surface area (Å²) in [6, 6.07) is 8.92. The van der Waals surface area contributed by atoms with Crippen LogP contribution in [0, 0.1) is 11.7 Å². The molecule has 7 amide bonds. The summed E-state index contributed by atoms with van der Waals surface area (Å²) in [5, 5.41) is 13.0. The minimum absolute atomic E-state index is 0.00625. The van der Waals surface area contributed by atoms with E-state index in [1.807, 2.05) is 19.9 Å². The molecule has 2 aromatic carbocycles. The molecule has 0 heterocycles. The molecule has 288 valence electrons. The number of halogens is 1. The summed E-state index contributed by atoms with van der Waals surface area (Å²) in [6.07, 6.45) is 3.59. The molecular weight excluding hydrogens is 687 g/mol. The van der Waals surface area contributed by atoms with Crippen molar-refractivity contribution in [3.8, 4) is 0 Å². The van der Waals surface area contributed by atoms with Gasteiger partial charge in [0, 0.05) is 25.6 Å². The van der Waals surface area contributed by atoms with E-state index in [1.165, 1.54) is 30.3 Å². The number of nitrogens with one attached hydrogen (secondary N) is 5. The Labute approximate surface area is 308 Å². The van der Waals surface area contributed by atoms with Crippen LogP contribution in [0.15, 0.2) is 65.7 Å². The number of benzene rings is 2. The number of hydrogen-bond donors (Lipinski definition) is 9. The highest BCUT2D eigenvalue weighted by atomic mass is 19.1. The van der Waals surface area contributed by atoms with Crippen LogP contribution in [0.3, 0.4) is 0 Å². The molecule has 0 fully saturated rings. The maximum absolute atomic E-state index is 13.8. The van der Waals surface area contributed by atoms with Gasteiger partial charge in [0.25, 0.3) is 0 Å².